The summed E-state index contributed by atoms with van der Waals surface area (Å²) in [6.07, 6.45) is -0.406. The number of aromatic nitrogens is 4. The fraction of sp³-hybridized carbons (Fsp3) is 0.800. The number of hydroxylamine groups is 2. The molecule has 0 aliphatic carbocycles. The zero-order chi connectivity index (χ0) is 8.39. The van der Waals surface area contributed by atoms with Crippen molar-refractivity contribution in [1.82, 2.24) is 25.7 Å². The Morgan fingerprint density at radius 1 is 1.75 bits per heavy atom. The predicted octanol–water partition coefficient (Wildman–Crippen LogP) is -1.69. The van der Waals surface area contributed by atoms with Crippen molar-refractivity contribution in [2.75, 3.05) is 13.2 Å². The maximum absolute atomic E-state index is 9.10. The van der Waals surface area contributed by atoms with Gasteiger partial charge in [-0.3, -0.25) is 4.84 Å². The monoisotopic (exact) mass is 171 g/mol. The quantitative estimate of drug-likeness (QED) is 0.552. The van der Waals surface area contributed by atoms with E-state index in [4.69, 9.17) is 9.94 Å². The standard InChI is InChI=1S/C5H9N5O2/c11-4-1-10(12-3-4)2-5-6-8-9-7-5/h4,11H,1-3H2,(H,6,7,8,9). The summed E-state index contributed by atoms with van der Waals surface area (Å²) in [5.74, 6) is 0.559. The van der Waals surface area contributed by atoms with E-state index in [9.17, 15) is 0 Å². The Bertz CT molecular complexity index is 238. The lowest BCUT2D eigenvalue weighted by Crippen LogP contribution is -2.21. The van der Waals surface area contributed by atoms with Gasteiger partial charge in [-0.05, 0) is 0 Å². The number of nitrogens with one attached hydrogen (secondary N) is 1. The maximum atomic E-state index is 9.10. The van der Waals surface area contributed by atoms with Gasteiger partial charge in [0.15, 0.2) is 5.82 Å². The molecule has 7 heteroatoms. The Morgan fingerprint density at radius 3 is 3.25 bits per heavy atom. The van der Waals surface area contributed by atoms with Crippen molar-refractivity contribution in [2.45, 2.75) is 12.6 Å². The Labute approximate surface area is 68.3 Å². The van der Waals surface area contributed by atoms with Gasteiger partial charge in [-0.15, -0.1) is 10.2 Å². The average Bonchev–Trinajstić information content (AvgIpc) is 2.63. The summed E-state index contributed by atoms with van der Waals surface area (Å²) < 4.78 is 0. The van der Waals surface area contributed by atoms with Crippen molar-refractivity contribution < 1.29 is 9.94 Å². The second-order valence-electron chi connectivity index (χ2n) is 2.60. The van der Waals surface area contributed by atoms with Crippen molar-refractivity contribution in [1.29, 1.82) is 0 Å². The highest BCUT2D eigenvalue weighted by Crippen LogP contribution is 2.07. The van der Waals surface area contributed by atoms with Gasteiger partial charge in [-0.2, -0.15) is 10.3 Å². The van der Waals surface area contributed by atoms with Crippen LogP contribution in [0, 0.1) is 0 Å². The van der Waals surface area contributed by atoms with Gasteiger partial charge in [0.1, 0.15) is 0 Å². The average molecular weight is 171 g/mol. The van der Waals surface area contributed by atoms with Gasteiger partial charge < -0.3 is 5.11 Å². The molecule has 1 aromatic heterocycles. The number of hydrogen-bond acceptors (Lipinski definition) is 6. The minimum absolute atomic E-state index is 0.345. The summed E-state index contributed by atoms with van der Waals surface area (Å²) in [6, 6.07) is 0. The molecule has 0 radical (unpaired) electrons. The number of hydrogen-bond donors (Lipinski definition) is 2. The molecule has 1 aliphatic heterocycles. The first-order chi connectivity index (χ1) is 5.84. The van der Waals surface area contributed by atoms with Crippen LogP contribution in [0.4, 0.5) is 0 Å². The van der Waals surface area contributed by atoms with Gasteiger partial charge in [0.05, 0.1) is 25.8 Å². The summed E-state index contributed by atoms with van der Waals surface area (Å²) >= 11 is 0. The summed E-state index contributed by atoms with van der Waals surface area (Å²) in [6.45, 7) is 1.29. The smallest absolute Gasteiger partial charge is 0.190 e. The van der Waals surface area contributed by atoms with E-state index < -0.39 is 6.10 Å². The van der Waals surface area contributed by atoms with Crippen molar-refractivity contribution >= 4 is 0 Å². The minimum Gasteiger partial charge on any atom is -0.389 e. The summed E-state index contributed by atoms with van der Waals surface area (Å²) in [7, 11) is 0. The predicted molar refractivity (Wildman–Crippen MR) is 36.5 cm³/mol. The Balaban J connectivity index is 1.88. The number of rotatable bonds is 2. The fourth-order valence-corrected chi connectivity index (χ4v) is 1.05. The molecule has 1 aliphatic rings. The molecule has 2 rings (SSSR count). The fourth-order valence-electron chi connectivity index (χ4n) is 1.05. The Hall–Kier alpha value is -1.05. The lowest BCUT2D eigenvalue weighted by molar-refractivity contribution is -0.119. The molecule has 66 valence electrons. The second kappa shape index (κ2) is 3.13. The lowest BCUT2D eigenvalue weighted by Gasteiger charge is -2.09. The highest BCUT2D eigenvalue weighted by molar-refractivity contribution is 4.76. The molecule has 0 amide bonds. The van der Waals surface area contributed by atoms with Gasteiger partial charge in [0.2, 0.25) is 0 Å². The molecule has 0 saturated carbocycles. The van der Waals surface area contributed by atoms with Gasteiger partial charge in [0.25, 0.3) is 0 Å². The number of aromatic amines is 1. The highest BCUT2D eigenvalue weighted by Gasteiger charge is 2.22. The molecule has 1 saturated heterocycles. The van der Waals surface area contributed by atoms with Gasteiger partial charge in [0, 0.05) is 0 Å². The number of aliphatic hydroxyl groups excluding tert-OH is 1. The van der Waals surface area contributed by atoms with Crippen LogP contribution >= 0.6 is 0 Å². The van der Waals surface area contributed by atoms with Crippen LogP contribution in [0.1, 0.15) is 5.82 Å². The molecule has 12 heavy (non-hydrogen) atoms. The van der Waals surface area contributed by atoms with E-state index >= 15 is 0 Å². The molecular formula is C5H9N5O2. The topological polar surface area (TPSA) is 87.2 Å². The van der Waals surface area contributed by atoms with Crippen LogP contribution in [0.25, 0.3) is 0 Å². The third-order valence-electron chi connectivity index (χ3n) is 1.57. The zero-order valence-electron chi connectivity index (χ0n) is 6.34. The largest absolute Gasteiger partial charge is 0.389 e. The van der Waals surface area contributed by atoms with Crippen LogP contribution in [0.5, 0.6) is 0 Å². The number of H-pyrrole nitrogens is 1. The normalized spacial score (nSPS) is 24.9. The summed E-state index contributed by atoms with van der Waals surface area (Å²) in [5, 5.41) is 24.0. The van der Waals surface area contributed by atoms with Crippen LogP contribution in [-0.4, -0.2) is 50.0 Å². The van der Waals surface area contributed by atoms with E-state index in [0.29, 0.717) is 25.5 Å². The first-order valence-corrected chi connectivity index (χ1v) is 3.63. The van der Waals surface area contributed by atoms with Crippen molar-refractivity contribution in [3.05, 3.63) is 5.82 Å². The number of nitrogens with zero attached hydrogens (tertiary/aromatic N) is 4. The molecule has 1 aromatic rings. The number of aliphatic hydroxyl groups is 1. The van der Waals surface area contributed by atoms with Crippen LogP contribution < -0.4 is 0 Å². The molecule has 0 aromatic carbocycles. The van der Waals surface area contributed by atoms with E-state index in [1.54, 1.807) is 5.06 Å². The van der Waals surface area contributed by atoms with E-state index in [1.807, 2.05) is 0 Å². The van der Waals surface area contributed by atoms with Crippen LogP contribution in [0.3, 0.4) is 0 Å². The number of β-amino-alcohol motifs (C(OH)–C–C–N with tert-alkyl or cyclic N) is 1. The van der Waals surface area contributed by atoms with Crippen molar-refractivity contribution in [2.24, 2.45) is 0 Å². The van der Waals surface area contributed by atoms with Gasteiger partial charge in [-0.1, -0.05) is 5.21 Å². The first kappa shape index (κ1) is 7.59. The molecule has 1 unspecified atom stereocenters. The van der Waals surface area contributed by atoms with Crippen LogP contribution in [0.15, 0.2) is 0 Å². The van der Waals surface area contributed by atoms with E-state index in [0.717, 1.165) is 0 Å². The molecule has 1 fully saturated rings. The Morgan fingerprint density at radius 2 is 2.67 bits per heavy atom. The van der Waals surface area contributed by atoms with E-state index in [2.05, 4.69) is 20.6 Å². The molecule has 7 nitrogen and oxygen atoms in total. The third kappa shape index (κ3) is 1.58. The lowest BCUT2D eigenvalue weighted by atomic mass is 10.4. The third-order valence-corrected chi connectivity index (χ3v) is 1.57. The SMILES string of the molecule is OC1CON(Cc2nn[nH]n2)C1. The van der Waals surface area contributed by atoms with E-state index in [1.165, 1.54) is 0 Å². The van der Waals surface area contributed by atoms with Crippen LogP contribution in [0.2, 0.25) is 0 Å². The molecule has 1 atom stereocenters. The highest BCUT2D eigenvalue weighted by atomic mass is 16.7. The maximum Gasteiger partial charge on any atom is 0.190 e. The molecule has 0 bridgehead atoms. The molecule has 0 spiro atoms. The van der Waals surface area contributed by atoms with Crippen molar-refractivity contribution in [3.63, 3.8) is 0 Å². The molecule has 2 heterocycles. The first-order valence-electron chi connectivity index (χ1n) is 3.63. The van der Waals surface area contributed by atoms with Crippen molar-refractivity contribution in [3.8, 4) is 0 Å². The number of tetrazole rings is 1. The van der Waals surface area contributed by atoms with Gasteiger partial charge >= 0.3 is 0 Å². The molecule has 2 N–H and O–H groups in total. The molecular weight excluding hydrogens is 162 g/mol. The zero-order valence-corrected chi connectivity index (χ0v) is 6.34. The minimum atomic E-state index is -0.406. The van der Waals surface area contributed by atoms with Crippen LogP contribution in [-0.2, 0) is 11.4 Å². The second-order valence-corrected chi connectivity index (χ2v) is 2.60. The summed E-state index contributed by atoms with van der Waals surface area (Å²) in [5.41, 5.74) is 0. The van der Waals surface area contributed by atoms with E-state index in [-0.39, 0.29) is 0 Å². The van der Waals surface area contributed by atoms with Gasteiger partial charge in [-0.25, -0.2) is 0 Å². The summed E-state index contributed by atoms with van der Waals surface area (Å²) in [4.78, 5) is 5.10. The Kier molecular flexibility index (Phi) is 1.98.